The molecule has 120 valence electrons. The van der Waals surface area contributed by atoms with Crippen molar-refractivity contribution in [1.82, 2.24) is 4.90 Å². The van der Waals surface area contributed by atoms with Crippen LogP contribution in [0.25, 0.3) is 0 Å². The normalized spacial score (nSPS) is 20.4. The van der Waals surface area contributed by atoms with Gasteiger partial charge in [-0.3, -0.25) is 4.79 Å². The Labute approximate surface area is 131 Å². The number of hydrogen-bond acceptors (Lipinski definition) is 4. The van der Waals surface area contributed by atoms with Crippen LogP contribution in [0.2, 0.25) is 0 Å². The van der Waals surface area contributed by atoms with Crippen LogP contribution >= 0.6 is 0 Å². The van der Waals surface area contributed by atoms with E-state index in [1.165, 1.54) is 0 Å². The van der Waals surface area contributed by atoms with Crippen molar-refractivity contribution in [1.29, 1.82) is 0 Å². The van der Waals surface area contributed by atoms with Crippen molar-refractivity contribution in [3.63, 3.8) is 0 Å². The molecule has 0 bridgehead atoms. The molecule has 2 aliphatic rings. The van der Waals surface area contributed by atoms with E-state index in [2.05, 4.69) is 0 Å². The third-order valence-corrected chi connectivity index (χ3v) is 4.39. The molecule has 5 heteroatoms. The Bertz CT molecular complexity index is 542. The highest BCUT2D eigenvalue weighted by molar-refractivity contribution is 5.78. The summed E-state index contributed by atoms with van der Waals surface area (Å²) in [5, 5.41) is 0. The standard InChI is InChI=1S/C17H23NO4/c1-13-3-4-14(2)15(11-13)20-12-16(19)18-7-5-17(6-8-18)21-9-10-22-17/h3-4,11H,5-10,12H2,1-2H3. The molecule has 0 aliphatic carbocycles. The second kappa shape index (κ2) is 6.26. The van der Waals surface area contributed by atoms with E-state index in [0.717, 1.165) is 29.7 Å². The van der Waals surface area contributed by atoms with Crippen LogP contribution in [0.4, 0.5) is 0 Å². The smallest absolute Gasteiger partial charge is 0.260 e. The van der Waals surface area contributed by atoms with Crippen molar-refractivity contribution >= 4 is 5.91 Å². The molecule has 2 saturated heterocycles. The van der Waals surface area contributed by atoms with Crippen LogP contribution in [0, 0.1) is 13.8 Å². The fraction of sp³-hybridized carbons (Fsp3) is 0.588. The SMILES string of the molecule is Cc1ccc(C)c(OCC(=O)N2CCC3(CC2)OCCO3)c1. The summed E-state index contributed by atoms with van der Waals surface area (Å²) in [7, 11) is 0. The lowest BCUT2D eigenvalue weighted by Gasteiger charge is -2.37. The first-order valence-electron chi connectivity index (χ1n) is 7.84. The number of rotatable bonds is 3. The Hall–Kier alpha value is -1.59. The zero-order valence-electron chi connectivity index (χ0n) is 13.3. The molecular formula is C17H23NO4. The van der Waals surface area contributed by atoms with Crippen LogP contribution in [-0.2, 0) is 14.3 Å². The quantitative estimate of drug-likeness (QED) is 0.857. The summed E-state index contributed by atoms with van der Waals surface area (Å²) in [4.78, 5) is 14.1. The molecule has 2 heterocycles. The first-order valence-corrected chi connectivity index (χ1v) is 7.84. The number of benzene rings is 1. The van der Waals surface area contributed by atoms with Crippen LogP contribution in [0.15, 0.2) is 18.2 Å². The van der Waals surface area contributed by atoms with Crippen LogP contribution in [0.5, 0.6) is 5.75 Å². The van der Waals surface area contributed by atoms with Crippen LogP contribution in [0.3, 0.4) is 0 Å². The lowest BCUT2D eigenvalue weighted by molar-refractivity contribution is -0.187. The lowest BCUT2D eigenvalue weighted by Crippen LogP contribution is -2.48. The number of hydrogen-bond donors (Lipinski definition) is 0. The fourth-order valence-corrected chi connectivity index (χ4v) is 2.98. The molecule has 0 N–H and O–H groups in total. The van der Waals surface area contributed by atoms with E-state index < -0.39 is 5.79 Å². The second-order valence-corrected chi connectivity index (χ2v) is 6.05. The van der Waals surface area contributed by atoms with Crippen molar-refractivity contribution in [3.05, 3.63) is 29.3 Å². The van der Waals surface area contributed by atoms with E-state index in [1.807, 2.05) is 36.9 Å². The second-order valence-electron chi connectivity index (χ2n) is 6.05. The maximum absolute atomic E-state index is 12.3. The summed E-state index contributed by atoms with van der Waals surface area (Å²) in [5.41, 5.74) is 2.17. The molecule has 1 aromatic carbocycles. The number of aryl methyl sites for hydroxylation is 2. The Morgan fingerprint density at radius 3 is 2.59 bits per heavy atom. The van der Waals surface area contributed by atoms with Gasteiger partial charge in [-0.2, -0.15) is 0 Å². The highest BCUT2D eigenvalue weighted by Gasteiger charge is 2.40. The van der Waals surface area contributed by atoms with Crippen LogP contribution in [0.1, 0.15) is 24.0 Å². The number of likely N-dealkylation sites (tertiary alicyclic amines) is 1. The molecule has 3 rings (SSSR count). The minimum absolute atomic E-state index is 0.0220. The predicted molar refractivity (Wildman–Crippen MR) is 81.9 cm³/mol. The molecule has 0 radical (unpaired) electrons. The Kier molecular flexibility index (Phi) is 4.36. The zero-order chi connectivity index (χ0) is 15.6. The first-order chi connectivity index (χ1) is 10.6. The Balaban J connectivity index is 1.51. The number of piperidine rings is 1. The fourth-order valence-electron chi connectivity index (χ4n) is 2.98. The van der Waals surface area contributed by atoms with Crippen LogP contribution < -0.4 is 4.74 Å². The van der Waals surface area contributed by atoms with E-state index in [9.17, 15) is 4.79 Å². The molecule has 1 amide bonds. The number of nitrogens with zero attached hydrogens (tertiary/aromatic N) is 1. The maximum atomic E-state index is 12.3. The van der Waals surface area contributed by atoms with Crippen molar-refractivity contribution in [3.8, 4) is 5.75 Å². The molecule has 1 aromatic rings. The topological polar surface area (TPSA) is 48.0 Å². The van der Waals surface area contributed by atoms with Gasteiger partial charge in [0.2, 0.25) is 0 Å². The number of carbonyl (C=O) groups is 1. The summed E-state index contributed by atoms with van der Waals surface area (Å²) in [6, 6.07) is 6.01. The summed E-state index contributed by atoms with van der Waals surface area (Å²) in [6.45, 7) is 6.72. The van der Waals surface area contributed by atoms with E-state index >= 15 is 0 Å². The first kappa shape index (κ1) is 15.3. The monoisotopic (exact) mass is 305 g/mol. The van der Waals surface area contributed by atoms with Gasteiger partial charge in [0.05, 0.1) is 13.2 Å². The molecule has 2 fully saturated rings. The van der Waals surface area contributed by atoms with Gasteiger partial charge < -0.3 is 19.1 Å². The van der Waals surface area contributed by atoms with Gasteiger partial charge in [-0.1, -0.05) is 12.1 Å². The summed E-state index contributed by atoms with van der Waals surface area (Å²) in [6.07, 6.45) is 1.48. The van der Waals surface area contributed by atoms with E-state index in [1.54, 1.807) is 0 Å². The number of amides is 1. The van der Waals surface area contributed by atoms with E-state index in [4.69, 9.17) is 14.2 Å². The third-order valence-electron chi connectivity index (χ3n) is 4.39. The minimum Gasteiger partial charge on any atom is -0.483 e. The molecule has 22 heavy (non-hydrogen) atoms. The molecule has 0 aromatic heterocycles. The van der Waals surface area contributed by atoms with Gasteiger partial charge in [-0.05, 0) is 31.0 Å². The number of ether oxygens (including phenoxy) is 3. The summed E-state index contributed by atoms with van der Waals surface area (Å²) < 4.78 is 17.0. The Morgan fingerprint density at radius 2 is 1.91 bits per heavy atom. The molecule has 0 atom stereocenters. The molecule has 0 unspecified atom stereocenters. The van der Waals surface area contributed by atoms with Gasteiger partial charge in [0, 0.05) is 25.9 Å². The van der Waals surface area contributed by atoms with Crippen molar-refractivity contribution in [2.45, 2.75) is 32.5 Å². The lowest BCUT2D eigenvalue weighted by atomic mass is 10.0. The number of carbonyl (C=O) groups excluding carboxylic acids is 1. The van der Waals surface area contributed by atoms with E-state index in [-0.39, 0.29) is 12.5 Å². The van der Waals surface area contributed by atoms with Crippen LogP contribution in [-0.4, -0.2) is 49.5 Å². The molecule has 0 saturated carbocycles. The summed E-state index contributed by atoms with van der Waals surface area (Å²) in [5.74, 6) is 0.364. The van der Waals surface area contributed by atoms with Crippen molar-refractivity contribution in [2.24, 2.45) is 0 Å². The zero-order valence-corrected chi connectivity index (χ0v) is 13.3. The van der Waals surface area contributed by atoms with Gasteiger partial charge in [0.15, 0.2) is 12.4 Å². The average Bonchev–Trinajstić information content (AvgIpc) is 2.97. The van der Waals surface area contributed by atoms with E-state index in [0.29, 0.717) is 26.3 Å². The van der Waals surface area contributed by atoms with Gasteiger partial charge in [0.1, 0.15) is 5.75 Å². The molecule has 1 spiro atoms. The molecule has 2 aliphatic heterocycles. The average molecular weight is 305 g/mol. The highest BCUT2D eigenvalue weighted by Crippen LogP contribution is 2.31. The summed E-state index contributed by atoms with van der Waals surface area (Å²) >= 11 is 0. The van der Waals surface area contributed by atoms with Crippen molar-refractivity contribution < 1.29 is 19.0 Å². The largest absolute Gasteiger partial charge is 0.483 e. The van der Waals surface area contributed by atoms with Gasteiger partial charge in [-0.15, -0.1) is 0 Å². The highest BCUT2D eigenvalue weighted by atomic mass is 16.7. The van der Waals surface area contributed by atoms with Gasteiger partial charge >= 0.3 is 0 Å². The van der Waals surface area contributed by atoms with Gasteiger partial charge in [-0.25, -0.2) is 0 Å². The Morgan fingerprint density at radius 1 is 1.23 bits per heavy atom. The predicted octanol–water partition coefficient (Wildman–Crippen LogP) is 2.05. The van der Waals surface area contributed by atoms with Crippen molar-refractivity contribution in [2.75, 3.05) is 32.9 Å². The van der Waals surface area contributed by atoms with Gasteiger partial charge in [0.25, 0.3) is 5.91 Å². The maximum Gasteiger partial charge on any atom is 0.260 e. The molecular weight excluding hydrogens is 282 g/mol. The molecule has 5 nitrogen and oxygen atoms in total. The third kappa shape index (κ3) is 3.25. The minimum atomic E-state index is -0.440.